The summed E-state index contributed by atoms with van der Waals surface area (Å²) in [6.07, 6.45) is 1.69. The first-order valence-electron chi connectivity index (χ1n) is 11.4. The van der Waals surface area contributed by atoms with Gasteiger partial charge in [0.1, 0.15) is 17.3 Å². The number of hydrogen-bond acceptors (Lipinski definition) is 5. The number of nitrogens with zero attached hydrogens (tertiary/aromatic N) is 1. The van der Waals surface area contributed by atoms with E-state index in [1.165, 1.54) is 4.90 Å². The quantitative estimate of drug-likeness (QED) is 0.293. The van der Waals surface area contributed by atoms with Crippen LogP contribution in [0.3, 0.4) is 0 Å². The zero-order valence-corrected chi connectivity index (χ0v) is 20.1. The Labute approximate surface area is 208 Å². The fourth-order valence-corrected chi connectivity index (χ4v) is 4.80. The molecule has 0 aromatic heterocycles. The van der Waals surface area contributed by atoms with E-state index in [0.717, 1.165) is 29.7 Å². The van der Waals surface area contributed by atoms with Gasteiger partial charge < -0.3 is 14.6 Å². The lowest BCUT2D eigenvalue weighted by atomic mass is 9.93. The van der Waals surface area contributed by atoms with E-state index in [-0.39, 0.29) is 11.3 Å². The number of ether oxygens (including phenoxy) is 2. The summed E-state index contributed by atoms with van der Waals surface area (Å²) in [5.74, 6) is -0.389. The molecule has 1 amide bonds. The molecule has 7 heteroatoms. The number of halogens is 1. The number of amides is 1. The Kier molecular flexibility index (Phi) is 5.99. The van der Waals surface area contributed by atoms with E-state index in [4.69, 9.17) is 21.1 Å². The molecule has 0 saturated carbocycles. The summed E-state index contributed by atoms with van der Waals surface area (Å²) >= 11 is 6.36. The van der Waals surface area contributed by atoms with Crippen molar-refractivity contribution >= 4 is 34.7 Å². The third-order valence-electron chi connectivity index (χ3n) is 6.47. The zero-order valence-electron chi connectivity index (χ0n) is 19.4. The first kappa shape index (κ1) is 23.0. The molecular formula is C28H24ClNO5. The lowest BCUT2D eigenvalue weighted by Crippen LogP contribution is -2.29. The number of aliphatic hydroxyl groups is 1. The Morgan fingerprint density at radius 1 is 1.11 bits per heavy atom. The van der Waals surface area contributed by atoms with Gasteiger partial charge in [0, 0.05) is 16.3 Å². The van der Waals surface area contributed by atoms with Gasteiger partial charge in [0.05, 0.1) is 25.3 Å². The predicted molar refractivity (Wildman–Crippen MR) is 134 cm³/mol. The van der Waals surface area contributed by atoms with Crippen molar-refractivity contribution in [1.29, 1.82) is 0 Å². The predicted octanol–water partition coefficient (Wildman–Crippen LogP) is 5.61. The normalized spacial score (nSPS) is 18.8. The van der Waals surface area contributed by atoms with Crippen LogP contribution >= 0.6 is 11.6 Å². The molecule has 6 nitrogen and oxygen atoms in total. The Morgan fingerprint density at radius 2 is 1.94 bits per heavy atom. The van der Waals surface area contributed by atoms with Crippen LogP contribution in [-0.2, 0) is 16.0 Å². The third kappa shape index (κ3) is 4.04. The van der Waals surface area contributed by atoms with Crippen molar-refractivity contribution in [1.82, 2.24) is 0 Å². The highest BCUT2D eigenvalue weighted by atomic mass is 35.5. The van der Waals surface area contributed by atoms with Crippen molar-refractivity contribution < 1.29 is 24.2 Å². The largest absolute Gasteiger partial charge is 0.507 e. The molecule has 35 heavy (non-hydrogen) atoms. The molecule has 1 atom stereocenters. The second-order valence-corrected chi connectivity index (χ2v) is 9.06. The fourth-order valence-electron chi connectivity index (χ4n) is 4.62. The van der Waals surface area contributed by atoms with Crippen molar-refractivity contribution in [2.75, 3.05) is 18.6 Å². The van der Waals surface area contributed by atoms with Crippen LogP contribution in [0.1, 0.15) is 34.7 Å². The number of anilines is 1. The van der Waals surface area contributed by atoms with Gasteiger partial charge in [0.15, 0.2) is 0 Å². The fraction of sp³-hybridized carbons (Fsp3) is 0.214. The molecule has 0 aliphatic carbocycles. The maximum absolute atomic E-state index is 13.4. The molecule has 1 fully saturated rings. The van der Waals surface area contributed by atoms with Crippen LogP contribution in [0.5, 0.6) is 11.5 Å². The molecule has 0 bridgehead atoms. The minimum atomic E-state index is -0.865. The summed E-state index contributed by atoms with van der Waals surface area (Å²) in [5.41, 5.74) is 3.37. The molecular weight excluding hydrogens is 466 g/mol. The number of aryl methyl sites for hydroxylation is 2. The average Bonchev–Trinajstić information content (AvgIpc) is 3.15. The lowest BCUT2D eigenvalue weighted by Gasteiger charge is -2.26. The van der Waals surface area contributed by atoms with Gasteiger partial charge in [-0.3, -0.25) is 14.5 Å². The van der Waals surface area contributed by atoms with Crippen LogP contribution in [-0.4, -0.2) is 30.5 Å². The molecule has 0 spiro atoms. The van der Waals surface area contributed by atoms with Crippen LogP contribution in [0.4, 0.5) is 5.69 Å². The van der Waals surface area contributed by atoms with Crippen molar-refractivity contribution in [2.24, 2.45) is 0 Å². The zero-order chi connectivity index (χ0) is 24.7. The molecule has 3 aromatic rings. The summed E-state index contributed by atoms with van der Waals surface area (Å²) in [7, 11) is 1.55. The topological polar surface area (TPSA) is 76.1 Å². The van der Waals surface area contributed by atoms with E-state index in [0.29, 0.717) is 34.2 Å². The van der Waals surface area contributed by atoms with Crippen LogP contribution < -0.4 is 14.4 Å². The molecule has 1 N–H and O–H groups in total. The monoisotopic (exact) mass is 489 g/mol. The Hall–Kier alpha value is -3.77. The molecule has 2 heterocycles. The molecule has 5 rings (SSSR count). The maximum atomic E-state index is 13.4. The number of carbonyl (C=O) groups is 2. The van der Waals surface area contributed by atoms with Gasteiger partial charge in [-0.2, -0.15) is 0 Å². The number of carbonyl (C=O) groups excluding carboxylic acids is 2. The Morgan fingerprint density at radius 3 is 2.71 bits per heavy atom. The molecule has 0 radical (unpaired) electrons. The average molecular weight is 490 g/mol. The highest BCUT2D eigenvalue weighted by Gasteiger charge is 2.47. The van der Waals surface area contributed by atoms with Gasteiger partial charge in [0.25, 0.3) is 11.7 Å². The SMILES string of the molecule is COc1cccc(C2/C(=C(/O)c3ccc4c(c3)CCCO4)C(=O)C(=O)N2c2ccc(C)c(Cl)c2)c1. The van der Waals surface area contributed by atoms with Crippen molar-refractivity contribution in [2.45, 2.75) is 25.8 Å². The standard InChI is InChI=1S/C28H24ClNO5/c1-16-8-10-20(15-22(16)29)30-25(18-5-3-7-21(14-18)34-2)24(27(32)28(30)33)26(31)19-9-11-23-17(13-19)6-4-12-35-23/h3,5,7-11,13-15,25,31H,4,6,12H2,1-2H3/b26-24-. The number of ketones is 1. The second kappa shape index (κ2) is 9.12. The first-order valence-corrected chi connectivity index (χ1v) is 11.7. The van der Waals surface area contributed by atoms with E-state index >= 15 is 0 Å². The van der Waals surface area contributed by atoms with Crippen molar-refractivity contribution in [3.63, 3.8) is 0 Å². The number of fused-ring (bicyclic) bond motifs is 1. The molecule has 2 aliphatic rings. The summed E-state index contributed by atoms with van der Waals surface area (Å²) in [6, 6.07) is 16.8. The van der Waals surface area contributed by atoms with Gasteiger partial charge in [-0.1, -0.05) is 29.8 Å². The Balaban J connectivity index is 1.71. The van der Waals surface area contributed by atoms with E-state index in [9.17, 15) is 14.7 Å². The number of hydrogen-bond donors (Lipinski definition) is 1. The number of methoxy groups -OCH3 is 1. The number of benzene rings is 3. The van der Waals surface area contributed by atoms with Gasteiger partial charge in [-0.05, 0) is 78.9 Å². The van der Waals surface area contributed by atoms with E-state index < -0.39 is 17.7 Å². The highest BCUT2D eigenvalue weighted by molar-refractivity contribution is 6.51. The van der Waals surface area contributed by atoms with Gasteiger partial charge in [-0.15, -0.1) is 0 Å². The highest BCUT2D eigenvalue weighted by Crippen LogP contribution is 2.44. The smallest absolute Gasteiger partial charge is 0.300 e. The second-order valence-electron chi connectivity index (χ2n) is 8.65. The lowest BCUT2D eigenvalue weighted by molar-refractivity contribution is -0.132. The first-order chi connectivity index (χ1) is 16.9. The van der Waals surface area contributed by atoms with Gasteiger partial charge >= 0.3 is 0 Å². The van der Waals surface area contributed by atoms with E-state index in [1.807, 2.05) is 13.0 Å². The van der Waals surface area contributed by atoms with E-state index in [2.05, 4.69) is 0 Å². The van der Waals surface area contributed by atoms with E-state index in [1.54, 1.807) is 61.7 Å². The van der Waals surface area contributed by atoms with Crippen molar-refractivity contribution in [3.8, 4) is 11.5 Å². The summed E-state index contributed by atoms with van der Waals surface area (Å²) in [4.78, 5) is 28.1. The van der Waals surface area contributed by atoms with Gasteiger partial charge in [-0.25, -0.2) is 0 Å². The van der Waals surface area contributed by atoms with Gasteiger partial charge in [0.2, 0.25) is 0 Å². The molecule has 3 aromatic carbocycles. The minimum absolute atomic E-state index is 0.0108. The van der Waals surface area contributed by atoms with Crippen molar-refractivity contribution in [3.05, 3.63) is 93.5 Å². The minimum Gasteiger partial charge on any atom is -0.507 e. The van der Waals surface area contributed by atoms with Crippen LogP contribution in [0.2, 0.25) is 5.02 Å². The number of rotatable bonds is 4. The van der Waals surface area contributed by atoms with Crippen LogP contribution in [0.15, 0.2) is 66.2 Å². The number of Topliss-reactive ketones (excluding diaryl/α,β-unsaturated/α-hetero) is 1. The van der Waals surface area contributed by atoms with Crippen LogP contribution in [0.25, 0.3) is 5.76 Å². The summed E-state index contributed by atoms with van der Waals surface area (Å²) < 4.78 is 11.1. The molecule has 1 saturated heterocycles. The molecule has 1 unspecified atom stereocenters. The third-order valence-corrected chi connectivity index (χ3v) is 6.88. The summed E-state index contributed by atoms with van der Waals surface area (Å²) in [6.45, 7) is 2.51. The summed E-state index contributed by atoms with van der Waals surface area (Å²) in [5, 5.41) is 11.9. The Bertz CT molecular complexity index is 1380. The molecule has 178 valence electrons. The molecule has 2 aliphatic heterocycles. The van der Waals surface area contributed by atoms with Crippen LogP contribution in [0, 0.1) is 6.92 Å². The number of aliphatic hydroxyl groups excluding tert-OH is 1. The maximum Gasteiger partial charge on any atom is 0.300 e.